The Kier molecular flexibility index (Phi) is 3.64. The highest BCUT2D eigenvalue weighted by atomic mass is 32.2. The molecule has 6 nitrogen and oxygen atoms in total. The fraction of sp³-hybridized carbons (Fsp3) is 0.462. The van der Waals surface area contributed by atoms with Crippen molar-refractivity contribution in [3.8, 4) is 5.75 Å². The lowest BCUT2D eigenvalue weighted by atomic mass is 10.2. The van der Waals surface area contributed by atoms with E-state index in [4.69, 9.17) is 10.5 Å². The topological polar surface area (TPSA) is 89.7 Å². The lowest BCUT2D eigenvalue weighted by Crippen LogP contribution is -2.67. The molecule has 1 aromatic rings. The van der Waals surface area contributed by atoms with Crippen LogP contribution in [0, 0.1) is 0 Å². The Morgan fingerprint density at radius 2 is 1.95 bits per heavy atom. The van der Waals surface area contributed by atoms with Gasteiger partial charge in [-0.3, -0.25) is 4.79 Å². The first-order chi connectivity index (χ1) is 9.28. The average Bonchev–Trinajstić information content (AvgIpc) is 2.39. The van der Waals surface area contributed by atoms with E-state index in [1.165, 1.54) is 13.8 Å². The van der Waals surface area contributed by atoms with Crippen molar-refractivity contribution in [1.82, 2.24) is 4.31 Å². The highest BCUT2D eigenvalue weighted by Crippen LogP contribution is 2.34. The SMILES string of the molecule is CC1(C)C(=O)N(CCCOc2ccccc2N)S1(=O)=O. The first-order valence-corrected chi connectivity index (χ1v) is 7.76. The molecule has 7 heteroatoms. The van der Waals surface area contributed by atoms with Gasteiger partial charge in [-0.1, -0.05) is 12.1 Å². The summed E-state index contributed by atoms with van der Waals surface area (Å²) >= 11 is 0. The number of carbonyl (C=O) groups excluding carboxylic acids is 1. The summed E-state index contributed by atoms with van der Waals surface area (Å²) < 4.78 is 28.8. The smallest absolute Gasteiger partial charge is 0.258 e. The van der Waals surface area contributed by atoms with Crippen molar-refractivity contribution in [3.63, 3.8) is 0 Å². The molecule has 1 aliphatic heterocycles. The van der Waals surface area contributed by atoms with Gasteiger partial charge in [0.2, 0.25) is 0 Å². The van der Waals surface area contributed by atoms with Crippen LogP contribution in [0.3, 0.4) is 0 Å². The molecule has 0 aromatic heterocycles. The van der Waals surface area contributed by atoms with E-state index in [1.807, 2.05) is 0 Å². The van der Waals surface area contributed by atoms with Crippen molar-refractivity contribution in [2.45, 2.75) is 25.0 Å². The molecular weight excluding hydrogens is 280 g/mol. The van der Waals surface area contributed by atoms with E-state index < -0.39 is 14.8 Å². The average molecular weight is 298 g/mol. The van der Waals surface area contributed by atoms with E-state index in [2.05, 4.69) is 0 Å². The standard InChI is InChI=1S/C13H18N2O4S/c1-13(2)12(16)15(20(13,17)18)8-5-9-19-11-7-4-3-6-10(11)14/h3-4,6-7H,5,8-9,14H2,1-2H3. The second-order valence-electron chi connectivity index (χ2n) is 5.13. The van der Waals surface area contributed by atoms with Crippen molar-refractivity contribution >= 4 is 21.6 Å². The number of nitrogens with two attached hydrogens (primary N) is 1. The Labute approximate surface area is 118 Å². The number of ether oxygens (including phenoxy) is 1. The van der Waals surface area contributed by atoms with E-state index in [0.717, 1.165) is 4.31 Å². The second kappa shape index (κ2) is 4.97. The minimum atomic E-state index is -3.50. The van der Waals surface area contributed by atoms with E-state index in [0.29, 0.717) is 24.5 Å². The molecule has 2 N–H and O–H groups in total. The minimum absolute atomic E-state index is 0.136. The van der Waals surface area contributed by atoms with Crippen LogP contribution >= 0.6 is 0 Å². The van der Waals surface area contributed by atoms with Gasteiger partial charge in [0.15, 0.2) is 4.75 Å². The zero-order valence-electron chi connectivity index (χ0n) is 11.5. The number of hydrogen-bond donors (Lipinski definition) is 1. The molecule has 1 aromatic carbocycles. The highest BCUT2D eigenvalue weighted by molar-refractivity contribution is 7.94. The Morgan fingerprint density at radius 1 is 1.30 bits per heavy atom. The fourth-order valence-electron chi connectivity index (χ4n) is 1.98. The molecule has 110 valence electrons. The Hall–Kier alpha value is -1.76. The summed E-state index contributed by atoms with van der Waals surface area (Å²) in [7, 11) is -3.50. The summed E-state index contributed by atoms with van der Waals surface area (Å²) in [6.07, 6.45) is 0.426. The third-order valence-electron chi connectivity index (χ3n) is 3.36. The monoisotopic (exact) mass is 298 g/mol. The molecule has 0 saturated carbocycles. The van der Waals surface area contributed by atoms with Gasteiger partial charge in [-0.05, 0) is 26.0 Å². The zero-order valence-corrected chi connectivity index (χ0v) is 12.3. The number of carbonyl (C=O) groups is 1. The van der Waals surface area contributed by atoms with Crippen LogP contribution < -0.4 is 10.5 Å². The number of sulfonamides is 1. The molecule has 1 saturated heterocycles. The first kappa shape index (κ1) is 14.6. The van der Waals surface area contributed by atoms with Gasteiger partial charge >= 0.3 is 0 Å². The summed E-state index contributed by atoms with van der Waals surface area (Å²) in [4.78, 5) is 11.7. The van der Waals surface area contributed by atoms with Crippen LogP contribution in [0.2, 0.25) is 0 Å². The quantitative estimate of drug-likeness (QED) is 0.646. The summed E-state index contributed by atoms with van der Waals surface area (Å²) in [6, 6.07) is 7.07. The maximum absolute atomic E-state index is 11.8. The van der Waals surface area contributed by atoms with Crippen molar-refractivity contribution < 1.29 is 17.9 Å². The molecule has 0 radical (unpaired) electrons. The van der Waals surface area contributed by atoms with E-state index in [9.17, 15) is 13.2 Å². The maximum Gasteiger partial charge on any atom is 0.258 e. The third-order valence-corrected chi connectivity index (χ3v) is 5.75. The Balaban J connectivity index is 1.84. The van der Waals surface area contributed by atoms with Gasteiger partial charge in [0.25, 0.3) is 15.9 Å². The number of nitrogen functional groups attached to an aromatic ring is 1. The predicted molar refractivity (Wildman–Crippen MR) is 75.7 cm³/mol. The van der Waals surface area contributed by atoms with Crippen molar-refractivity contribution in [1.29, 1.82) is 0 Å². The van der Waals surface area contributed by atoms with Gasteiger partial charge in [-0.15, -0.1) is 0 Å². The summed E-state index contributed by atoms with van der Waals surface area (Å²) in [5.74, 6) is 0.197. The summed E-state index contributed by atoms with van der Waals surface area (Å²) in [5.41, 5.74) is 6.24. The van der Waals surface area contributed by atoms with Crippen molar-refractivity contribution in [2.75, 3.05) is 18.9 Å². The lowest BCUT2D eigenvalue weighted by Gasteiger charge is -2.43. The van der Waals surface area contributed by atoms with Gasteiger partial charge in [0, 0.05) is 13.0 Å². The lowest BCUT2D eigenvalue weighted by molar-refractivity contribution is -0.132. The molecule has 0 unspecified atom stereocenters. The largest absolute Gasteiger partial charge is 0.491 e. The second-order valence-corrected chi connectivity index (χ2v) is 7.54. The van der Waals surface area contributed by atoms with Gasteiger partial charge in [0.05, 0.1) is 12.3 Å². The normalized spacial score (nSPS) is 19.5. The zero-order chi connectivity index (χ0) is 15.0. The molecule has 0 aliphatic carbocycles. The number of rotatable bonds is 5. The Bertz CT molecular complexity index is 625. The number of benzene rings is 1. The van der Waals surface area contributed by atoms with Crippen LogP contribution in [0.5, 0.6) is 5.75 Å². The molecular formula is C13H18N2O4S. The molecule has 1 fully saturated rings. The molecule has 1 amide bonds. The van der Waals surface area contributed by atoms with E-state index in [1.54, 1.807) is 24.3 Å². The van der Waals surface area contributed by atoms with Crippen LogP contribution in [-0.4, -0.2) is 36.5 Å². The minimum Gasteiger partial charge on any atom is -0.491 e. The summed E-state index contributed by atoms with van der Waals surface area (Å²) in [6.45, 7) is 3.27. The predicted octanol–water partition coefficient (Wildman–Crippen LogP) is 0.988. The highest BCUT2D eigenvalue weighted by Gasteiger charge is 2.59. The molecule has 20 heavy (non-hydrogen) atoms. The third kappa shape index (κ3) is 2.22. The van der Waals surface area contributed by atoms with Crippen molar-refractivity contribution in [3.05, 3.63) is 24.3 Å². The van der Waals surface area contributed by atoms with Crippen LogP contribution in [-0.2, 0) is 14.8 Å². The Morgan fingerprint density at radius 3 is 2.55 bits per heavy atom. The first-order valence-electron chi connectivity index (χ1n) is 6.32. The molecule has 2 rings (SSSR count). The van der Waals surface area contributed by atoms with Gasteiger partial charge in [0.1, 0.15) is 5.75 Å². The molecule has 1 heterocycles. The molecule has 1 aliphatic rings. The van der Waals surface area contributed by atoms with E-state index in [-0.39, 0.29) is 12.5 Å². The van der Waals surface area contributed by atoms with Gasteiger partial charge in [-0.25, -0.2) is 12.7 Å². The molecule has 0 bridgehead atoms. The maximum atomic E-state index is 11.8. The number of para-hydroxylation sites is 2. The van der Waals surface area contributed by atoms with Crippen LogP contribution in [0.4, 0.5) is 5.69 Å². The molecule has 0 spiro atoms. The molecule has 0 atom stereocenters. The number of anilines is 1. The summed E-state index contributed by atoms with van der Waals surface area (Å²) in [5, 5.41) is 0. The van der Waals surface area contributed by atoms with Gasteiger partial charge in [-0.2, -0.15) is 0 Å². The van der Waals surface area contributed by atoms with Crippen LogP contribution in [0.25, 0.3) is 0 Å². The van der Waals surface area contributed by atoms with Crippen LogP contribution in [0.1, 0.15) is 20.3 Å². The number of hydrogen-bond acceptors (Lipinski definition) is 5. The number of nitrogens with zero attached hydrogens (tertiary/aromatic N) is 1. The van der Waals surface area contributed by atoms with E-state index >= 15 is 0 Å². The van der Waals surface area contributed by atoms with Crippen LogP contribution in [0.15, 0.2) is 24.3 Å². The number of amides is 1. The van der Waals surface area contributed by atoms with Crippen molar-refractivity contribution in [2.24, 2.45) is 0 Å². The fourth-order valence-corrected chi connectivity index (χ4v) is 3.55. The van der Waals surface area contributed by atoms with Gasteiger partial charge < -0.3 is 10.5 Å².